The maximum absolute atomic E-state index is 15.8. The number of benzene rings is 3. The molecule has 3 rings (SSSR count). The van der Waals surface area contributed by atoms with Crippen molar-refractivity contribution in [1.82, 2.24) is 0 Å². The average molecular weight is 677 g/mol. The molecule has 0 aliphatic heterocycles. The molecule has 0 saturated carbocycles. The molecule has 3 aromatic rings. The molecule has 1 nitrogen and oxygen atoms in total. The van der Waals surface area contributed by atoms with Crippen molar-refractivity contribution in [2.45, 2.75) is 50.8 Å². The Morgan fingerprint density at radius 3 is 1.11 bits per heavy atom. The van der Waals surface area contributed by atoms with E-state index in [2.05, 4.69) is 0 Å². The van der Waals surface area contributed by atoms with E-state index in [0.717, 1.165) is 13.8 Å². The van der Waals surface area contributed by atoms with Gasteiger partial charge in [0.05, 0.1) is 22.3 Å². The van der Waals surface area contributed by atoms with Crippen LogP contribution in [0.2, 0.25) is 0 Å². The summed E-state index contributed by atoms with van der Waals surface area (Å²) in [6, 6.07) is -2.16. The zero-order valence-electron chi connectivity index (χ0n) is 22.1. The van der Waals surface area contributed by atoms with Crippen molar-refractivity contribution in [2.75, 3.05) is 0 Å². The molecule has 0 N–H and O–H groups in total. The molecule has 0 heterocycles. The molecule has 0 radical (unpaired) electrons. The van der Waals surface area contributed by atoms with Crippen LogP contribution in [0.4, 0.5) is 74.6 Å². The fraction of sp³-hybridized carbons (Fsp3) is 0.308. The van der Waals surface area contributed by atoms with E-state index in [0.29, 0.717) is 0 Å². The van der Waals surface area contributed by atoms with E-state index < -0.39 is 111 Å². The van der Waals surface area contributed by atoms with Crippen LogP contribution >= 0.6 is 0 Å². The maximum Gasteiger partial charge on any atom is 0.421 e. The summed E-state index contributed by atoms with van der Waals surface area (Å²) in [4.78, 5) is 0. The number of alkyl halides is 15. The zero-order valence-corrected chi connectivity index (χ0v) is 22.1. The van der Waals surface area contributed by atoms with Crippen molar-refractivity contribution in [2.24, 2.45) is 0 Å². The number of halogens is 17. The van der Waals surface area contributed by atoms with Gasteiger partial charge in [-0.2, -0.15) is 76.8 Å². The molecule has 248 valence electrons. The van der Waals surface area contributed by atoms with E-state index in [1.54, 1.807) is 0 Å². The molecule has 0 aliphatic carbocycles. The summed E-state index contributed by atoms with van der Waals surface area (Å²) in [5.41, 5.74) is -16.8. The first-order chi connectivity index (χ1) is 20.1. The highest BCUT2D eigenvalue weighted by molar-refractivity contribution is 7.07. The average Bonchev–Trinajstić information content (AvgIpc) is 2.84. The predicted molar refractivity (Wildman–Crippen MR) is 125 cm³/mol. The fourth-order valence-corrected chi connectivity index (χ4v) is 4.76. The van der Waals surface area contributed by atoms with Crippen molar-refractivity contribution in [1.29, 1.82) is 0 Å². The van der Waals surface area contributed by atoms with E-state index >= 15 is 4.39 Å². The highest BCUT2D eigenvalue weighted by Crippen LogP contribution is 2.39. The Balaban J connectivity index is 2.79. The molecule has 0 aliphatic rings. The summed E-state index contributed by atoms with van der Waals surface area (Å²) >= 11 is 0. The van der Waals surface area contributed by atoms with Gasteiger partial charge in [-0.15, -0.1) is 5.46 Å². The van der Waals surface area contributed by atoms with Crippen LogP contribution in [-0.4, -0.2) is 12.5 Å². The molecule has 3 aromatic carbocycles. The molecule has 0 aromatic heterocycles. The van der Waals surface area contributed by atoms with E-state index in [1.807, 2.05) is 0 Å². The molecular weight excluding hydrogens is 662 g/mol. The predicted octanol–water partition coefficient (Wildman–Crippen LogP) is 8.45. The maximum atomic E-state index is 15.8. The van der Waals surface area contributed by atoms with Crippen LogP contribution in [0, 0.1) is 11.6 Å². The Bertz CT molecular complexity index is 1420. The lowest BCUT2D eigenvalue weighted by Crippen LogP contribution is -2.71. The van der Waals surface area contributed by atoms with Crippen molar-refractivity contribution in [3.63, 3.8) is 0 Å². The topological polar surface area (TPSA) is 9.23 Å². The van der Waals surface area contributed by atoms with E-state index in [1.165, 1.54) is 0 Å². The fourth-order valence-electron chi connectivity index (χ4n) is 4.76. The van der Waals surface area contributed by atoms with Crippen molar-refractivity contribution in [3.05, 3.63) is 88.0 Å². The SMILES string of the molecule is CC(C)O[B-](c1cc(C(F)(F)F)cc(C(F)(F)F)c1)(c1cc(C(F)(F)F)cc(C(F)(F)F)c1)c1ccc(F)c(C(F)(F)F)c1F. The second-order valence-electron chi connectivity index (χ2n) is 9.97. The minimum Gasteiger partial charge on any atom is -0.577 e. The third-order valence-electron chi connectivity index (χ3n) is 6.48. The van der Waals surface area contributed by atoms with E-state index in [4.69, 9.17) is 4.65 Å². The smallest absolute Gasteiger partial charge is 0.421 e. The lowest BCUT2D eigenvalue weighted by molar-refractivity contribution is -0.144. The summed E-state index contributed by atoms with van der Waals surface area (Å²) in [6.07, 6.45) is -35.4. The first-order valence-electron chi connectivity index (χ1n) is 12.1. The largest absolute Gasteiger partial charge is 0.577 e. The summed E-state index contributed by atoms with van der Waals surface area (Å²) < 4.78 is 242. The van der Waals surface area contributed by atoms with E-state index in [9.17, 15) is 70.2 Å². The van der Waals surface area contributed by atoms with Gasteiger partial charge in [-0.25, -0.2) is 8.78 Å². The summed E-state index contributed by atoms with van der Waals surface area (Å²) in [5, 5.41) is 0. The molecule has 0 unspecified atom stereocenters. The minimum atomic E-state index is -5.97. The molecule has 45 heavy (non-hydrogen) atoms. The molecule has 0 amide bonds. The minimum absolute atomic E-state index is 0.0172. The summed E-state index contributed by atoms with van der Waals surface area (Å²) in [7, 11) is 0. The van der Waals surface area contributed by atoms with Gasteiger partial charge in [-0.3, -0.25) is 0 Å². The number of hydrogen-bond donors (Lipinski definition) is 0. The second-order valence-corrected chi connectivity index (χ2v) is 9.97. The van der Waals surface area contributed by atoms with Gasteiger partial charge in [-0.1, -0.05) is 30.3 Å². The van der Waals surface area contributed by atoms with Crippen LogP contribution in [-0.2, 0) is 35.5 Å². The van der Waals surface area contributed by atoms with Crippen LogP contribution < -0.4 is 16.4 Å². The number of hydrogen-bond acceptors (Lipinski definition) is 1. The van der Waals surface area contributed by atoms with Crippen molar-refractivity contribution < 1.29 is 79.3 Å². The van der Waals surface area contributed by atoms with Crippen molar-refractivity contribution >= 4 is 22.7 Å². The Kier molecular flexibility index (Phi) is 9.10. The Morgan fingerprint density at radius 1 is 0.511 bits per heavy atom. The van der Waals surface area contributed by atoms with Crippen LogP contribution in [0.1, 0.15) is 41.7 Å². The van der Waals surface area contributed by atoms with Gasteiger partial charge >= 0.3 is 30.9 Å². The Hall–Kier alpha value is -3.51. The molecule has 0 atom stereocenters. The van der Waals surface area contributed by atoms with Gasteiger partial charge in [-0.05, 0) is 32.0 Å². The first-order valence-corrected chi connectivity index (χ1v) is 12.1. The van der Waals surface area contributed by atoms with Gasteiger partial charge in [0, 0.05) is 6.10 Å². The quantitative estimate of drug-likeness (QED) is 0.195. The summed E-state index contributed by atoms with van der Waals surface area (Å²) in [6.45, 7) is 1.80. The zero-order chi connectivity index (χ0) is 34.7. The van der Waals surface area contributed by atoms with Crippen molar-refractivity contribution in [3.8, 4) is 0 Å². The molecular formula is C26H15BF17O-. The normalized spacial score (nSPS) is 14.0. The monoisotopic (exact) mass is 677 g/mol. The van der Waals surface area contributed by atoms with E-state index in [-0.39, 0.29) is 36.4 Å². The molecule has 0 bridgehead atoms. The molecule has 19 heteroatoms. The van der Waals surface area contributed by atoms with Gasteiger partial charge < -0.3 is 4.65 Å². The first kappa shape index (κ1) is 36.0. The second kappa shape index (κ2) is 11.4. The van der Waals surface area contributed by atoms with Gasteiger partial charge in [0.15, 0.2) is 0 Å². The van der Waals surface area contributed by atoms with Crippen LogP contribution in [0.25, 0.3) is 0 Å². The van der Waals surface area contributed by atoms with Crippen LogP contribution in [0.15, 0.2) is 48.5 Å². The third kappa shape index (κ3) is 7.33. The lowest BCUT2D eigenvalue weighted by Gasteiger charge is -2.46. The lowest BCUT2D eigenvalue weighted by atomic mass is 9.27. The third-order valence-corrected chi connectivity index (χ3v) is 6.48. The van der Waals surface area contributed by atoms with Gasteiger partial charge in [0.25, 0.3) is 0 Å². The van der Waals surface area contributed by atoms with Crippen LogP contribution in [0.3, 0.4) is 0 Å². The van der Waals surface area contributed by atoms with Crippen LogP contribution in [0.5, 0.6) is 0 Å². The summed E-state index contributed by atoms with van der Waals surface area (Å²) in [5.74, 6) is -5.15. The molecule has 0 spiro atoms. The molecule has 0 saturated heterocycles. The molecule has 0 fully saturated rings. The Labute approximate surface area is 241 Å². The highest BCUT2D eigenvalue weighted by Gasteiger charge is 2.46. The standard InChI is InChI=1S/C26H15BF17O/c1-11(2)45-27(18-3-4-19(28)20(21(18)29)26(42,43)44,16-7-12(22(30,31)32)5-13(8-16)23(33,34)35)17-9-14(24(36,37)38)6-15(10-17)25(39,40)41/h3-11H,1-2H3/q-1. The highest BCUT2D eigenvalue weighted by atomic mass is 19.4. The van der Waals surface area contributed by atoms with Gasteiger partial charge in [0.1, 0.15) is 17.2 Å². The van der Waals surface area contributed by atoms with Gasteiger partial charge in [0.2, 0.25) is 6.35 Å². The Morgan fingerprint density at radius 2 is 0.844 bits per heavy atom. The number of rotatable bonds is 5.